The van der Waals surface area contributed by atoms with E-state index in [2.05, 4.69) is 42.5 Å². The van der Waals surface area contributed by atoms with Crippen molar-refractivity contribution in [3.63, 3.8) is 0 Å². The van der Waals surface area contributed by atoms with Crippen LogP contribution in [0.5, 0.6) is 0 Å². The minimum atomic E-state index is -0.861. The first-order valence-corrected chi connectivity index (χ1v) is 10.8. The number of benzene rings is 1. The molecule has 1 aromatic heterocycles. The van der Waals surface area contributed by atoms with Gasteiger partial charge in [0.15, 0.2) is 10.4 Å². The van der Waals surface area contributed by atoms with Gasteiger partial charge in [0.05, 0.1) is 6.61 Å². The first kappa shape index (κ1) is 23.9. The highest BCUT2D eigenvalue weighted by atomic mass is 79.9. The third-order valence-electron chi connectivity index (χ3n) is 3.96. The molecule has 0 unspecified atom stereocenters. The summed E-state index contributed by atoms with van der Waals surface area (Å²) in [4.78, 5) is 37.7. The molecule has 0 saturated heterocycles. The van der Waals surface area contributed by atoms with E-state index >= 15 is 0 Å². The van der Waals surface area contributed by atoms with E-state index in [1.165, 1.54) is 12.1 Å². The molecule has 0 saturated carbocycles. The maximum Gasteiger partial charge on any atom is 0.328 e. The molecule has 1 aromatic carbocycles. The van der Waals surface area contributed by atoms with Gasteiger partial charge in [-0.3, -0.25) is 9.59 Å². The van der Waals surface area contributed by atoms with E-state index < -0.39 is 23.8 Å². The molecule has 1 atom stereocenters. The van der Waals surface area contributed by atoms with Gasteiger partial charge in [0, 0.05) is 4.47 Å². The molecule has 2 N–H and O–H groups in total. The first-order chi connectivity index (χ1) is 14.2. The normalized spacial score (nSPS) is 12.4. The molecule has 2 aromatic rings. The molecule has 0 aliphatic heterocycles. The number of carbonyl (C=O) groups is 3. The predicted octanol–water partition coefficient (Wildman–Crippen LogP) is 4.28. The van der Waals surface area contributed by atoms with Crippen LogP contribution in [0.25, 0.3) is 6.08 Å². The average Bonchev–Trinajstić information content (AvgIpc) is 3.13. The molecule has 0 fully saturated rings. The summed E-state index contributed by atoms with van der Waals surface area (Å²) in [6, 6.07) is 9.36. The molecular formula is C21H22Br2N2O5. The fourth-order valence-corrected chi connectivity index (χ4v) is 3.02. The molecular weight excluding hydrogens is 520 g/mol. The lowest BCUT2D eigenvalue weighted by molar-refractivity contribution is -0.148. The lowest BCUT2D eigenvalue weighted by Gasteiger charge is -2.21. The summed E-state index contributed by atoms with van der Waals surface area (Å²) >= 11 is 6.49. The van der Waals surface area contributed by atoms with Gasteiger partial charge < -0.3 is 19.8 Å². The fourth-order valence-electron chi connectivity index (χ4n) is 2.45. The monoisotopic (exact) mass is 540 g/mol. The third-order valence-corrected chi connectivity index (χ3v) is 4.92. The van der Waals surface area contributed by atoms with Gasteiger partial charge in [0.1, 0.15) is 11.7 Å². The quantitative estimate of drug-likeness (QED) is 0.384. The van der Waals surface area contributed by atoms with Gasteiger partial charge >= 0.3 is 5.97 Å². The van der Waals surface area contributed by atoms with Crippen molar-refractivity contribution in [1.82, 2.24) is 10.6 Å². The molecule has 30 heavy (non-hydrogen) atoms. The maximum atomic E-state index is 13.0. The van der Waals surface area contributed by atoms with Gasteiger partial charge in [-0.2, -0.15) is 0 Å². The Morgan fingerprint density at radius 2 is 1.77 bits per heavy atom. The van der Waals surface area contributed by atoms with Crippen molar-refractivity contribution in [3.8, 4) is 0 Å². The van der Waals surface area contributed by atoms with Crippen LogP contribution >= 0.6 is 31.9 Å². The number of amides is 2. The number of ether oxygens (including phenoxy) is 1. The van der Waals surface area contributed by atoms with Gasteiger partial charge in [0.25, 0.3) is 11.8 Å². The number of furan rings is 1. The highest BCUT2D eigenvalue weighted by Crippen LogP contribution is 2.16. The van der Waals surface area contributed by atoms with Crippen LogP contribution in [0.2, 0.25) is 0 Å². The summed E-state index contributed by atoms with van der Waals surface area (Å²) in [5.74, 6) is -1.94. The standard InChI is InChI=1S/C21H22Br2N2O5/c1-4-29-21(28)18(12(2)3)25-19(26)15(11-13-5-7-14(22)8-6-13)24-20(27)16-9-10-17(23)30-16/h5-12,18H,4H2,1-3H3,(H,24,27)(H,25,26)/b15-11+/t18-/m1/s1. The van der Waals surface area contributed by atoms with Crippen LogP contribution in [0.15, 0.2) is 55.7 Å². The summed E-state index contributed by atoms with van der Waals surface area (Å²) in [6.07, 6.45) is 1.51. The van der Waals surface area contributed by atoms with Crippen LogP contribution in [-0.4, -0.2) is 30.4 Å². The van der Waals surface area contributed by atoms with Crippen molar-refractivity contribution in [1.29, 1.82) is 0 Å². The second-order valence-electron chi connectivity index (χ2n) is 6.61. The number of esters is 1. The van der Waals surface area contributed by atoms with Crippen LogP contribution in [0.4, 0.5) is 0 Å². The Bertz CT molecular complexity index is 935. The minimum Gasteiger partial charge on any atom is -0.464 e. The van der Waals surface area contributed by atoms with E-state index in [9.17, 15) is 14.4 Å². The van der Waals surface area contributed by atoms with Gasteiger partial charge in [-0.1, -0.05) is 41.9 Å². The van der Waals surface area contributed by atoms with Crippen LogP contribution in [0.3, 0.4) is 0 Å². The molecule has 0 radical (unpaired) electrons. The zero-order valence-corrected chi connectivity index (χ0v) is 19.9. The first-order valence-electron chi connectivity index (χ1n) is 9.22. The number of hydrogen-bond acceptors (Lipinski definition) is 5. The molecule has 160 valence electrons. The van der Waals surface area contributed by atoms with Crippen LogP contribution in [-0.2, 0) is 14.3 Å². The lowest BCUT2D eigenvalue weighted by Crippen LogP contribution is -2.47. The van der Waals surface area contributed by atoms with Crippen molar-refractivity contribution in [2.24, 2.45) is 5.92 Å². The van der Waals surface area contributed by atoms with Crippen molar-refractivity contribution < 1.29 is 23.5 Å². The van der Waals surface area contributed by atoms with Gasteiger partial charge in [-0.25, -0.2) is 4.79 Å². The highest BCUT2D eigenvalue weighted by Gasteiger charge is 2.27. The van der Waals surface area contributed by atoms with Gasteiger partial charge in [-0.15, -0.1) is 0 Å². The minimum absolute atomic E-state index is 0.0298. The second kappa shape index (κ2) is 11.1. The van der Waals surface area contributed by atoms with Crippen molar-refractivity contribution in [2.45, 2.75) is 26.8 Å². The van der Waals surface area contributed by atoms with Gasteiger partial charge in [-0.05, 0) is 64.7 Å². The number of nitrogens with one attached hydrogen (secondary N) is 2. The van der Waals surface area contributed by atoms with Crippen molar-refractivity contribution in [3.05, 3.63) is 62.6 Å². The summed E-state index contributed by atoms with van der Waals surface area (Å²) in [6.45, 7) is 5.47. The molecule has 7 nitrogen and oxygen atoms in total. The van der Waals surface area contributed by atoms with Crippen LogP contribution in [0.1, 0.15) is 36.9 Å². The van der Waals surface area contributed by atoms with E-state index in [4.69, 9.17) is 9.15 Å². The van der Waals surface area contributed by atoms with E-state index in [1.807, 2.05) is 12.1 Å². The van der Waals surface area contributed by atoms with Crippen molar-refractivity contribution >= 4 is 55.7 Å². The molecule has 2 amide bonds. The number of carbonyl (C=O) groups excluding carboxylic acids is 3. The summed E-state index contributed by atoms with van der Waals surface area (Å²) in [7, 11) is 0. The molecule has 1 heterocycles. The Morgan fingerprint density at radius 3 is 2.30 bits per heavy atom. The zero-order valence-electron chi connectivity index (χ0n) is 16.7. The Balaban J connectivity index is 2.31. The van der Waals surface area contributed by atoms with Gasteiger partial charge in [0.2, 0.25) is 0 Å². The predicted molar refractivity (Wildman–Crippen MR) is 119 cm³/mol. The molecule has 0 bridgehead atoms. The van der Waals surface area contributed by atoms with Crippen LogP contribution < -0.4 is 10.6 Å². The summed E-state index contributed by atoms with van der Waals surface area (Å²) in [5, 5.41) is 5.21. The fraction of sp³-hybridized carbons (Fsp3) is 0.286. The largest absolute Gasteiger partial charge is 0.464 e. The molecule has 0 aliphatic carbocycles. The molecule has 9 heteroatoms. The number of rotatable bonds is 8. The summed E-state index contributed by atoms with van der Waals surface area (Å²) < 4.78 is 11.6. The van der Waals surface area contributed by atoms with E-state index in [1.54, 1.807) is 39.0 Å². The molecule has 0 spiro atoms. The highest BCUT2D eigenvalue weighted by molar-refractivity contribution is 9.10. The smallest absolute Gasteiger partial charge is 0.328 e. The molecule has 2 rings (SSSR count). The number of hydrogen-bond donors (Lipinski definition) is 2. The number of halogens is 2. The van der Waals surface area contributed by atoms with E-state index in [-0.39, 0.29) is 24.0 Å². The Labute approximate surface area is 191 Å². The summed E-state index contributed by atoms with van der Waals surface area (Å²) in [5.41, 5.74) is 0.645. The second-order valence-corrected chi connectivity index (χ2v) is 8.31. The van der Waals surface area contributed by atoms with E-state index in [0.717, 1.165) is 4.47 Å². The topological polar surface area (TPSA) is 97.6 Å². The third kappa shape index (κ3) is 6.84. The SMILES string of the molecule is CCOC(=O)[C@H](NC(=O)/C(=C\c1ccc(Br)cc1)NC(=O)c1ccc(Br)o1)C(C)C. The van der Waals surface area contributed by atoms with E-state index in [0.29, 0.717) is 10.2 Å². The lowest BCUT2D eigenvalue weighted by atomic mass is 10.0. The average molecular weight is 542 g/mol. The Kier molecular flexibility index (Phi) is 8.86. The van der Waals surface area contributed by atoms with Crippen molar-refractivity contribution in [2.75, 3.05) is 6.61 Å². The molecule has 0 aliphatic rings. The Morgan fingerprint density at radius 1 is 1.10 bits per heavy atom. The Hall–Kier alpha value is -2.39. The zero-order chi connectivity index (χ0) is 22.3. The van der Waals surface area contributed by atoms with Crippen LogP contribution in [0, 0.1) is 5.92 Å². The maximum absolute atomic E-state index is 13.0.